The molecular weight excluding hydrogens is 302 g/mol. The molecule has 22 heavy (non-hydrogen) atoms. The largest absolute Gasteiger partial charge is 0.497 e. The van der Waals surface area contributed by atoms with Crippen LogP contribution in [-0.4, -0.2) is 26.7 Å². The lowest BCUT2D eigenvalue weighted by Gasteiger charge is -2.21. The van der Waals surface area contributed by atoms with Gasteiger partial charge in [-0.3, -0.25) is 10.1 Å². The van der Waals surface area contributed by atoms with Crippen LogP contribution in [0.25, 0.3) is 0 Å². The Labute approximate surface area is 135 Å². The SMILES string of the molecule is COC(=O)CNC(c1cccc(OC)c1)c1ccccc1Cl. The van der Waals surface area contributed by atoms with Crippen LogP contribution >= 0.6 is 11.6 Å². The van der Waals surface area contributed by atoms with Gasteiger partial charge < -0.3 is 9.47 Å². The highest BCUT2D eigenvalue weighted by molar-refractivity contribution is 6.31. The molecule has 116 valence electrons. The van der Waals surface area contributed by atoms with Gasteiger partial charge in [0.15, 0.2) is 0 Å². The van der Waals surface area contributed by atoms with E-state index in [-0.39, 0.29) is 18.6 Å². The minimum absolute atomic E-state index is 0.0869. The molecule has 0 saturated heterocycles. The van der Waals surface area contributed by atoms with Gasteiger partial charge >= 0.3 is 5.97 Å². The third kappa shape index (κ3) is 4.00. The summed E-state index contributed by atoms with van der Waals surface area (Å²) in [5.41, 5.74) is 1.85. The Morgan fingerprint density at radius 3 is 2.64 bits per heavy atom. The highest BCUT2D eigenvalue weighted by Gasteiger charge is 2.18. The summed E-state index contributed by atoms with van der Waals surface area (Å²) in [6.07, 6.45) is 0. The summed E-state index contributed by atoms with van der Waals surface area (Å²) >= 11 is 6.30. The fourth-order valence-electron chi connectivity index (χ4n) is 2.20. The number of hydrogen-bond acceptors (Lipinski definition) is 4. The number of ether oxygens (including phenoxy) is 2. The molecule has 0 fully saturated rings. The molecule has 0 aliphatic rings. The predicted molar refractivity (Wildman–Crippen MR) is 86.3 cm³/mol. The first-order valence-corrected chi connectivity index (χ1v) is 7.22. The van der Waals surface area contributed by atoms with E-state index in [4.69, 9.17) is 16.3 Å². The third-order valence-electron chi connectivity index (χ3n) is 3.32. The fraction of sp³-hybridized carbons (Fsp3) is 0.235. The van der Waals surface area contributed by atoms with Gasteiger partial charge in [-0.25, -0.2) is 0 Å². The Kier molecular flexibility index (Phi) is 5.81. The number of hydrogen-bond donors (Lipinski definition) is 1. The first-order valence-electron chi connectivity index (χ1n) is 6.84. The first-order chi connectivity index (χ1) is 10.7. The van der Waals surface area contributed by atoms with E-state index in [0.717, 1.165) is 16.9 Å². The normalized spacial score (nSPS) is 11.8. The minimum Gasteiger partial charge on any atom is -0.497 e. The summed E-state index contributed by atoms with van der Waals surface area (Å²) in [7, 11) is 2.98. The number of rotatable bonds is 6. The smallest absolute Gasteiger partial charge is 0.319 e. The molecule has 0 radical (unpaired) electrons. The Hall–Kier alpha value is -2.04. The maximum absolute atomic E-state index is 11.4. The van der Waals surface area contributed by atoms with E-state index in [1.54, 1.807) is 7.11 Å². The Morgan fingerprint density at radius 1 is 1.18 bits per heavy atom. The van der Waals surface area contributed by atoms with Crippen LogP contribution in [0.2, 0.25) is 5.02 Å². The second-order valence-corrected chi connectivity index (χ2v) is 5.10. The summed E-state index contributed by atoms with van der Waals surface area (Å²) in [4.78, 5) is 11.4. The number of nitrogens with one attached hydrogen (secondary N) is 1. The van der Waals surface area contributed by atoms with Crippen molar-refractivity contribution in [2.75, 3.05) is 20.8 Å². The van der Waals surface area contributed by atoms with Gasteiger partial charge in [0.25, 0.3) is 0 Å². The number of halogens is 1. The van der Waals surface area contributed by atoms with Gasteiger partial charge in [-0.15, -0.1) is 0 Å². The van der Waals surface area contributed by atoms with Crippen LogP contribution in [0.3, 0.4) is 0 Å². The van der Waals surface area contributed by atoms with E-state index < -0.39 is 0 Å². The number of methoxy groups -OCH3 is 2. The summed E-state index contributed by atoms with van der Waals surface area (Å²) in [5, 5.41) is 3.81. The van der Waals surface area contributed by atoms with Crippen LogP contribution in [0, 0.1) is 0 Å². The average molecular weight is 320 g/mol. The topological polar surface area (TPSA) is 47.6 Å². The van der Waals surface area contributed by atoms with Crippen LogP contribution in [0.5, 0.6) is 5.75 Å². The molecule has 1 N–H and O–H groups in total. The molecule has 1 unspecified atom stereocenters. The van der Waals surface area contributed by atoms with Crippen molar-refractivity contribution in [2.45, 2.75) is 6.04 Å². The van der Waals surface area contributed by atoms with Crippen LogP contribution in [-0.2, 0) is 9.53 Å². The molecule has 0 aliphatic heterocycles. The van der Waals surface area contributed by atoms with E-state index in [1.807, 2.05) is 48.5 Å². The average Bonchev–Trinajstić information content (AvgIpc) is 2.56. The molecule has 0 spiro atoms. The highest BCUT2D eigenvalue weighted by atomic mass is 35.5. The van der Waals surface area contributed by atoms with Gasteiger partial charge in [0.2, 0.25) is 0 Å². The number of carbonyl (C=O) groups excluding carboxylic acids is 1. The lowest BCUT2D eigenvalue weighted by Crippen LogP contribution is -2.29. The van der Waals surface area contributed by atoms with Crippen molar-refractivity contribution in [2.24, 2.45) is 0 Å². The molecule has 2 aromatic rings. The monoisotopic (exact) mass is 319 g/mol. The first kappa shape index (κ1) is 16.3. The van der Waals surface area contributed by atoms with E-state index in [2.05, 4.69) is 10.1 Å². The van der Waals surface area contributed by atoms with Crippen LogP contribution in [0.1, 0.15) is 17.2 Å². The van der Waals surface area contributed by atoms with Gasteiger partial charge in [-0.05, 0) is 29.3 Å². The minimum atomic E-state index is -0.333. The molecule has 0 aromatic heterocycles. The Bertz CT molecular complexity index is 645. The third-order valence-corrected chi connectivity index (χ3v) is 3.67. The zero-order valence-electron chi connectivity index (χ0n) is 12.5. The number of esters is 1. The van der Waals surface area contributed by atoms with Gasteiger partial charge in [-0.2, -0.15) is 0 Å². The standard InChI is InChI=1S/C17H18ClNO3/c1-21-13-7-5-6-12(10-13)17(19-11-16(20)22-2)14-8-3-4-9-15(14)18/h3-10,17,19H,11H2,1-2H3. The molecule has 0 amide bonds. The molecule has 2 rings (SSSR count). The van der Waals surface area contributed by atoms with E-state index in [1.165, 1.54) is 7.11 Å². The van der Waals surface area contributed by atoms with Gasteiger partial charge in [-0.1, -0.05) is 41.9 Å². The maximum Gasteiger partial charge on any atom is 0.319 e. The predicted octanol–water partition coefficient (Wildman–Crippen LogP) is 3.20. The summed E-state index contributed by atoms with van der Waals surface area (Å²) < 4.78 is 9.95. The zero-order valence-corrected chi connectivity index (χ0v) is 13.3. The van der Waals surface area contributed by atoms with Gasteiger partial charge in [0, 0.05) is 5.02 Å². The van der Waals surface area contributed by atoms with Crippen LogP contribution in [0.15, 0.2) is 48.5 Å². The molecule has 1 atom stereocenters. The van der Waals surface area contributed by atoms with Crippen molar-refractivity contribution >= 4 is 17.6 Å². The van der Waals surface area contributed by atoms with Crippen molar-refractivity contribution in [3.8, 4) is 5.75 Å². The van der Waals surface area contributed by atoms with Crippen molar-refractivity contribution in [1.82, 2.24) is 5.32 Å². The quantitative estimate of drug-likeness (QED) is 0.831. The molecule has 0 saturated carbocycles. The van der Waals surface area contributed by atoms with Gasteiger partial charge in [0.05, 0.1) is 26.8 Å². The summed E-state index contributed by atoms with van der Waals surface area (Å²) in [6, 6.07) is 14.9. The number of carbonyl (C=O) groups is 1. The van der Waals surface area contributed by atoms with E-state index in [9.17, 15) is 4.79 Å². The molecule has 2 aromatic carbocycles. The second kappa shape index (κ2) is 7.82. The molecular formula is C17H18ClNO3. The molecule has 0 aliphatic carbocycles. The van der Waals surface area contributed by atoms with Crippen molar-refractivity contribution in [1.29, 1.82) is 0 Å². The highest BCUT2D eigenvalue weighted by Crippen LogP contribution is 2.29. The van der Waals surface area contributed by atoms with Crippen molar-refractivity contribution in [3.05, 3.63) is 64.7 Å². The molecule has 0 heterocycles. The molecule has 0 bridgehead atoms. The van der Waals surface area contributed by atoms with Crippen LogP contribution < -0.4 is 10.1 Å². The van der Waals surface area contributed by atoms with E-state index >= 15 is 0 Å². The van der Waals surface area contributed by atoms with Gasteiger partial charge in [0.1, 0.15) is 5.75 Å². The van der Waals surface area contributed by atoms with Crippen molar-refractivity contribution in [3.63, 3.8) is 0 Å². The maximum atomic E-state index is 11.4. The lowest BCUT2D eigenvalue weighted by atomic mass is 9.98. The Morgan fingerprint density at radius 2 is 1.95 bits per heavy atom. The Balaban J connectivity index is 2.36. The van der Waals surface area contributed by atoms with Crippen LogP contribution in [0.4, 0.5) is 0 Å². The summed E-state index contributed by atoms with van der Waals surface area (Å²) in [6.45, 7) is 0.0869. The number of benzene rings is 2. The summed E-state index contributed by atoms with van der Waals surface area (Å²) in [5.74, 6) is 0.411. The zero-order chi connectivity index (χ0) is 15.9. The lowest BCUT2D eigenvalue weighted by molar-refractivity contribution is -0.139. The van der Waals surface area contributed by atoms with E-state index in [0.29, 0.717) is 5.02 Å². The fourth-order valence-corrected chi connectivity index (χ4v) is 2.44. The molecule has 5 heteroatoms. The van der Waals surface area contributed by atoms with Crippen molar-refractivity contribution < 1.29 is 14.3 Å². The second-order valence-electron chi connectivity index (χ2n) is 4.69. The molecule has 4 nitrogen and oxygen atoms in total.